The van der Waals surface area contributed by atoms with E-state index in [-0.39, 0.29) is 12.0 Å². The molecule has 0 aliphatic heterocycles. The maximum absolute atomic E-state index is 11.7. The molecule has 0 fully saturated rings. The van der Waals surface area contributed by atoms with Gasteiger partial charge >= 0.3 is 5.97 Å². The summed E-state index contributed by atoms with van der Waals surface area (Å²) in [5.74, 6) is -0.0947. The molecule has 4 nitrogen and oxygen atoms in total. The highest BCUT2D eigenvalue weighted by Gasteiger charge is 2.31. The van der Waals surface area contributed by atoms with E-state index in [2.05, 4.69) is 21.1 Å². The molecule has 0 amide bonds. The van der Waals surface area contributed by atoms with Crippen LogP contribution >= 0.6 is 0 Å². The first-order chi connectivity index (χ1) is 7.58. The minimum Gasteiger partial charge on any atom is -0.465 e. The van der Waals surface area contributed by atoms with Crippen LogP contribution in [0.1, 0.15) is 19.3 Å². The number of hydrogen-bond acceptors (Lipinski definition) is 2. The lowest BCUT2D eigenvalue weighted by Gasteiger charge is -2.32. The summed E-state index contributed by atoms with van der Waals surface area (Å²) >= 11 is 0. The molecule has 0 saturated heterocycles. The molecule has 0 saturated carbocycles. The van der Waals surface area contributed by atoms with Crippen LogP contribution in [0.4, 0.5) is 0 Å². The number of carbonyl (C=O) groups excluding carboxylic acids is 1. The Morgan fingerprint density at radius 3 is 1.94 bits per heavy atom. The number of esters is 1. The van der Waals surface area contributed by atoms with Crippen LogP contribution < -0.4 is 0 Å². The number of likely N-dealkylation sites (N-methyl/N-ethyl adjacent to an activating group) is 1. The van der Waals surface area contributed by atoms with E-state index in [4.69, 9.17) is 4.74 Å². The normalized spacial score (nSPS) is 14.5. The van der Waals surface area contributed by atoms with Gasteiger partial charge in [0.05, 0.1) is 55.9 Å². The molecule has 1 unspecified atom stereocenters. The number of carbonyl (C=O) groups is 1. The second-order valence-electron chi connectivity index (χ2n) is 6.66. The van der Waals surface area contributed by atoms with Gasteiger partial charge in [-0.1, -0.05) is 0 Å². The summed E-state index contributed by atoms with van der Waals surface area (Å²) in [4.78, 5) is 11.7. The first-order valence-electron chi connectivity index (χ1n) is 6.27. The van der Waals surface area contributed by atoms with Gasteiger partial charge in [0.1, 0.15) is 0 Å². The number of unbranched alkanes of at least 4 members (excludes halogenated alkanes) is 1. The Kier molecular flexibility index (Phi) is 6.13. The molecule has 0 rings (SSSR count). The first-order valence-corrected chi connectivity index (χ1v) is 6.27. The highest BCUT2D eigenvalue weighted by molar-refractivity contribution is 5.74. The van der Waals surface area contributed by atoms with E-state index in [0.717, 1.165) is 30.3 Å². The largest absolute Gasteiger partial charge is 0.465 e. The molecule has 0 aromatic rings. The molecule has 0 spiro atoms. The second-order valence-corrected chi connectivity index (χ2v) is 6.66. The Hall–Kier alpha value is -0.610. The van der Waals surface area contributed by atoms with Crippen molar-refractivity contribution in [2.45, 2.75) is 25.3 Å². The number of quaternary nitrogens is 2. The number of rotatable bonds is 7. The van der Waals surface area contributed by atoms with Crippen molar-refractivity contribution in [1.82, 2.24) is 0 Å². The number of nitrogens with zero attached hydrogens (tertiary/aromatic N) is 2. The number of ether oxygens (including phenoxy) is 1. The minimum absolute atomic E-state index is 0.0486. The molecule has 17 heavy (non-hydrogen) atoms. The highest BCUT2D eigenvalue weighted by atomic mass is 16.5. The lowest BCUT2D eigenvalue weighted by Crippen LogP contribution is -2.50. The van der Waals surface area contributed by atoms with Gasteiger partial charge in [0.2, 0.25) is 0 Å². The average Bonchev–Trinajstić information content (AvgIpc) is 2.13. The Balaban J connectivity index is 4.16. The van der Waals surface area contributed by atoms with Crippen LogP contribution in [0, 0.1) is 0 Å². The van der Waals surface area contributed by atoms with Crippen LogP contribution in [0.15, 0.2) is 0 Å². The van der Waals surface area contributed by atoms with Crippen molar-refractivity contribution in [3.8, 4) is 0 Å². The van der Waals surface area contributed by atoms with E-state index in [9.17, 15) is 4.79 Å². The van der Waals surface area contributed by atoms with E-state index in [1.807, 2.05) is 21.1 Å². The smallest absolute Gasteiger partial charge is 0.364 e. The molecule has 0 aliphatic carbocycles. The summed E-state index contributed by atoms with van der Waals surface area (Å²) in [6.45, 7) is 1.14. The lowest BCUT2D eigenvalue weighted by molar-refractivity contribution is -0.888. The van der Waals surface area contributed by atoms with E-state index >= 15 is 0 Å². The van der Waals surface area contributed by atoms with Crippen LogP contribution in [-0.4, -0.2) is 76.9 Å². The topological polar surface area (TPSA) is 26.3 Å². The Bertz CT molecular complexity index is 239. The fourth-order valence-corrected chi connectivity index (χ4v) is 1.88. The zero-order valence-electron chi connectivity index (χ0n) is 12.6. The third kappa shape index (κ3) is 7.34. The molecule has 102 valence electrons. The summed E-state index contributed by atoms with van der Waals surface area (Å²) in [6, 6.07) is -0.0486. The maximum Gasteiger partial charge on any atom is 0.364 e. The minimum atomic E-state index is -0.0947. The Morgan fingerprint density at radius 1 is 1.06 bits per heavy atom. The van der Waals surface area contributed by atoms with Crippen LogP contribution in [-0.2, 0) is 9.53 Å². The van der Waals surface area contributed by atoms with Gasteiger partial charge in [-0.25, -0.2) is 4.79 Å². The van der Waals surface area contributed by atoms with Gasteiger partial charge in [-0.05, 0) is 12.8 Å². The molecule has 0 bridgehead atoms. The molecule has 1 atom stereocenters. The first kappa shape index (κ1) is 16.4. The van der Waals surface area contributed by atoms with Crippen LogP contribution in [0.25, 0.3) is 0 Å². The van der Waals surface area contributed by atoms with Gasteiger partial charge in [-0.2, -0.15) is 0 Å². The third-order valence-electron chi connectivity index (χ3n) is 2.96. The summed E-state index contributed by atoms with van der Waals surface area (Å²) in [5, 5.41) is 0. The second kappa shape index (κ2) is 6.36. The Labute approximate surface area is 106 Å². The quantitative estimate of drug-likeness (QED) is 0.382. The summed E-state index contributed by atoms with van der Waals surface area (Å²) < 4.78 is 6.49. The monoisotopic (exact) mass is 246 g/mol. The lowest BCUT2D eigenvalue weighted by atomic mass is 10.1. The molecular weight excluding hydrogens is 216 g/mol. The third-order valence-corrected chi connectivity index (χ3v) is 2.96. The molecule has 0 aliphatic rings. The molecular formula is C13H30N2O2+2. The standard InChI is InChI=1S/C13H30N2O2/c1-14(2,3)11-9-8-10-12(13(16)17-7)15(4,5)6/h12H,8-11H2,1-7H3/q+2. The maximum atomic E-state index is 11.7. The van der Waals surface area contributed by atoms with Crippen molar-refractivity contribution in [2.24, 2.45) is 0 Å². The van der Waals surface area contributed by atoms with Crippen molar-refractivity contribution in [3.63, 3.8) is 0 Å². The van der Waals surface area contributed by atoms with Gasteiger partial charge in [0.15, 0.2) is 6.04 Å². The SMILES string of the molecule is COC(=O)C(CCCC[N+](C)(C)C)[N+](C)(C)C. The highest BCUT2D eigenvalue weighted by Crippen LogP contribution is 2.13. The molecule has 0 radical (unpaired) electrons. The molecule has 0 aromatic carbocycles. The van der Waals surface area contributed by atoms with Crippen molar-refractivity contribution in [1.29, 1.82) is 0 Å². The van der Waals surface area contributed by atoms with Gasteiger partial charge < -0.3 is 13.7 Å². The summed E-state index contributed by atoms with van der Waals surface area (Å²) in [6.07, 6.45) is 3.12. The number of hydrogen-bond donors (Lipinski definition) is 0. The van der Waals surface area contributed by atoms with Crippen LogP contribution in [0.3, 0.4) is 0 Å². The predicted molar refractivity (Wildman–Crippen MR) is 70.6 cm³/mol. The fourth-order valence-electron chi connectivity index (χ4n) is 1.88. The molecule has 0 heterocycles. The van der Waals surface area contributed by atoms with Crippen LogP contribution in [0.2, 0.25) is 0 Å². The number of methoxy groups -OCH3 is 1. The van der Waals surface area contributed by atoms with Crippen molar-refractivity contribution < 1.29 is 18.5 Å². The molecule has 4 heteroatoms. The van der Waals surface area contributed by atoms with Gasteiger partial charge in [0, 0.05) is 6.42 Å². The zero-order chi connectivity index (χ0) is 13.7. The molecule has 0 N–H and O–H groups in total. The summed E-state index contributed by atoms with van der Waals surface area (Å²) in [7, 11) is 14.2. The van der Waals surface area contributed by atoms with E-state index < -0.39 is 0 Å². The predicted octanol–water partition coefficient (Wildman–Crippen LogP) is 1.11. The Morgan fingerprint density at radius 2 is 1.59 bits per heavy atom. The van der Waals surface area contributed by atoms with Gasteiger partial charge in [-0.3, -0.25) is 0 Å². The molecule has 0 aromatic heterocycles. The van der Waals surface area contributed by atoms with Crippen molar-refractivity contribution in [3.05, 3.63) is 0 Å². The van der Waals surface area contributed by atoms with E-state index in [0.29, 0.717) is 4.48 Å². The fraction of sp³-hybridized carbons (Fsp3) is 0.923. The van der Waals surface area contributed by atoms with E-state index in [1.54, 1.807) is 0 Å². The van der Waals surface area contributed by atoms with Crippen LogP contribution in [0.5, 0.6) is 0 Å². The zero-order valence-corrected chi connectivity index (χ0v) is 12.6. The van der Waals surface area contributed by atoms with Crippen molar-refractivity contribution in [2.75, 3.05) is 55.9 Å². The van der Waals surface area contributed by atoms with Crippen molar-refractivity contribution >= 4 is 5.97 Å². The van der Waals surface area contributed by atoms with Gasteiger partial charge in [-0.15, -0.1) is 0 Å². The average molecular weight is 246 g/mol. The van der Waals surface area contributed by atoms with Gasteiger partial charge in [0.25, 0.3) is 0 Å². The summed E-state index contributed by atoms with van der Waals surface area (Å²) in [5.41, 5.74) is 0. The van der Waals surface area contributed by atoms with E-state index in [1.165, 1.54) is 7.11 Å².